The number of fused-ring (bicyclic) bond motifs is 6. The molecule has 0 aliphatic heterocycles. The van der Waals surface area contributed by atoms with Gasteiger partial charge in [-0.05, 0) is 58.7 Å². The number of thiophene rings is 1. The highest BCUT2D eigenvalue weighted by atomic mass is 32.1. The fourth-order valence-corrected chi connectivity index (χ4v) is 8.24. The van der Waals surface area contributed by atoms with Gasteiger partial charge in [0.25, 0.3) is 5.69 Å². The van der Waals surface area contributed by atoms with Gasteiger partial charge in [0.05, 0.1) is 27.2 Å². The van der Waals surface area contributed by atoms with Gasteiger partial charge in [-0.1, -0.05) is 115 Å². The van der Waals surface area contributed by atoms with Gasteiger partial charge in [-0.2, -0.15) is 0 Å². The van der Waals surface area contributed by atoms with Crippen molar-refractivity contribution in [3.05, 3.63) is 168 Å². The van der Waals surface area contributed by atoms with Crippen LogP contribution in [0.4, 0.5) is 5.69 Å². The van der Waals surface area contributed by atoms with Crippen LogP contribution in [0.1, 0.15) is 0 Å². The SMILES string of the molecule is O=[N+]([O-])c1ccccc1-c1ccc2sc3cc4c(cc3c2c1-c1ccccc1)c1ccccc1n4-c1ccccc1-c1ccccc1. The standard InChI is InChI=1S/C42H26N2O2S/c45-44(46)37-22-12-9-18-30(37)32-23-24-39-42(41(32)28-15-5-2-6-16-28)34-25-33-31-19-8-11-21-36(31)43(38(33)26-40(34)47-39)35-20-10-7-17-29(35)27-13-3-1-4-14-27/h1-26H. The van der Waals surface area contributed by atoms with Gasteiger partial charge in [-0.3, -0.25) is 10.1 Å². The van der Waals surface area contributed by atoms with Crippen molar-refractivity contribution in [2.24, 2.45) is 0 Å². The first-order valence-electron chi connectivity index (χ1n) is 15.5. The lowest BCUT2D eigenvalue weighted by Crippen LogP contribution is -1.96. The Hall–Kier alpha value is -6.04. The maximum Gasteiger partial charge on any atom is 0.277 e. The first-order valence-corrected chi connectivity index (χ1v) is 16.4. The summed E-state index contributed by atoms with van der Waals surface area (Å²) in [6, 6.07) is 53.9. The number of para-hydroxylation sites is 3. The number of hydrogen-bond donors (Lipinski definition) is 0. The average Bonchev–Trinajstić information content (AvgIpc) is 3.65. The van der Waals surface area contributed by atoms with Crippen LogP contribution < -0.4 is 0 Å². The first kappa shape index (κ1) is 27.3. The van der Waals surface area contributed by atoms with Crippen LogP contribution in [0.25, 0.3) is 81.0 Å². The van der Waals surface area contributed by atoms with Gasteiger partial charge in [0.2, 0.25) is 0 Å². The third-order valence-corrected chi connectivity index (χ3v) is 10.2. The molecular formula is C42H26N2O2S. The molecule has 0 N–H and O–H groups in total. The molecule has 5 heteroatoms. The monoisotopic (exact) mass is 622 g/mol. The van der Waals surface area contributed by atoms with Gasteiger partial charge in [0.15, 0.2) is 0 Å². The topological polar surface area (TPSA) is 48.1 Å². The van der Waals surface area contributed by atoms with Crippen molar-refractivity contribution in [3.8, 4) is 39.1 Å². The molecule has 0 aliphatic carbocycles. The number of hydrogen-bond acceptors (Lipinski definition) is 3. The lowest BCUT2D eigenvalue weighted by atomic mass is 9.90. The Kier molecular flexibility index (Phi) is 6.27. The molecular weight excluding hydrogens is 597 g/mol. The summed E-state index contributed by atoms with van der Waals surface area (Å²) in [5, 5.41) is 16.8. The second-order valence-corrected chi connectivity index (χ2v) is 12.8. The zero-order chi connectivity index (χ0) is 31.5. The minimum absolute atomic E-state index is 0.103. The van der Waals surface area contributed by atoms with Crippen molar-refractivity contribution < 1.29 is 4.92 Å². The van der Waals surface area contributed by atoms with E-state index in [-0.39, 0.29) is 10.6 Å². The van der Waals surface area contributed by atoms with Gasteiger partial charge >= 0.3 is 0 Å². The molecule has 9 aromatic rings. The Morgan fingerprint density at radius 1 is 0.511 bits per heavy atom. The molecule has 47 heavy (non-hydrogen) atoms. The lowest BCUT2D eigenvalue weighted by Gasteiger charge is -2.14. The van der Waals surface area contributed by atoms with E-state index in [1.807, 2.05) is 36.4 Å². The summed E-state index contributed by atoms with van der Waals surface area (Å²) in [6.07, 6.45) is 0. The second-order valence-electron chi connectivity index (χ2n) is 11.7. The molecule has 0 unspecified atom stereocenters. The van der Waals surface area contributed by atoms with E-state index >= 15 is 0 Å². The Labute approximate surface area is 274 Å². The van der Waals surface area contributed by atoms with Crippen molar-refractivity contribution in [1.82, 2.24) is 4.57 Å². The summed E-state index contributed by atoms with van der Waals surface area (Å²) in [6.45, 7) is 0. The Balaban J connectivity index is 1.40. The molecule has 0 amide bonds. The summed E-state index contributed by atoms with van der Waals surface area (Å²) in [5.74, 6) is 0. The van der Waals surface area contributed by atoms with Crippen LogP contribution in [-0.2, 0) is 0 Å². The van der Waals surface area contributed by atoms with E-state index in [1.54, 1.807) is 23.5 Å². The minimum Gasteiger partial charge on any atom is -0.309 e. The number of aromatic nitrogens is 1. The number of nitrogens with zero attached hydrogens (tertiary/aromatic N) is 2. The molecule has 9 rings (SSSR count). The van der Waals surface area contributed by atoms with E-state index in [4.69, 9.17) is 0 Å². The third kappa shape index (κ3) is 4.28. The summed E-state index contributed by atoms with van der Waals surface area (Å²) in [5.41, 5.74) is 9.40. The second kappa shape index (κ2) is 10.8. The molecule has 0 fully saturated rings. The first-order chi connectivity index (χ1) is 23.2. The molecule has 0 spiro atoms. The number of nitro benzene ring substituents is 1. The van der Waals surface area contributed by atoms with E-state index in [9.17, 15) is 10.1 Å². The van der Waals surface area contributed by atoms with E-state index < -0.39 is 0 Å². The summed E-state index contributed by atoms with van der Waals surface area (Å²) < 4.78 is 4.72. The highest BCUT2D eigenvalue weighted by Crippen LogP contribution is 2.48. The highest BCUT2D eigenvalue weighted by Gasteiger charge is 2.23. The predicted octanol–water partition coefficient (Wildman–Crippen LogP) is 12.1. The Bertz CT molecular complexity index is 2650. The Morgan fingerprint density at radius 3 is 1.96 bits per heavy atom. The van der Waals surface area contributed by atoms with Crippen molar-refractivity contribution >= 4 is 59.0 Å². The number of benzene rings is 7. The number of rotatable bonds is 5. The van der Waals surface area contributed by atoms with Crippen molar-refractivity contribution in [2.75, 3.05) is 0 Å². The van der Waals surface area contributed by atoms with Crippen LogP contribution >= 0.6 is 11.3 Å². The van der Waals surface area contributed by atoms with Crippen LogP contribution in [0.15, 0.2) is 158 Å². The molecule has 222 valence electrons. The van der Waals surface area contributed by atoms with Gasteiger partial charge in [0, 0.05) is 42.6 Å². The minimum atomic E-state index is -0.286. The van der Waals surface area contributed by atoms with Crippen molar-refractivity contribution in [2.45, 2.75) is 0 Å². The van der Waals surface area contributed by atoms with E-state index in [0.29, 0.717) is 5.56 Å². The predicted molar refractivity (Wildman–Crippen MR) is 197 cm³/mol. The smallest absolute Gasteiger partial charge is 0.277 e. The van der Waals surface area contributed by atoms with Crippen molar-refractivity contribution in [3.63, 3.8) is 0 Å². The lowest BCUT2D eigenvalue weighted by molar-refractivity contribution is -0.384. The molecule has 0 saturated carbocycles. The molecule has 2 aromatic heterocycles. The van der Waals surface area contributed by atoms with Crippen LogP contribution in [0.5, 0.6) is 0 Å². The molecule has 0 atom stereocenters. The fraction of sp³-hybridized carbons (Fsp3) is 0. The largest absolute Gasteiger partial charge is 0.309 e. The zero-order valence-corrected chi connectivity index (χ0v) is 25.9. The van der Waals surface area contributed by atoms with Crippen LogP contribution in [0.2, 0.25) is 0 Å². The fourth-order valence-electron chi connectivity index (χ4n) is 7.11. The molecule has 0 saturated heterocycles. The third-order valence-electron chi connectivity index (χ3n) is 9.11. The van der Waals surface area contributed by atoms with Gasteiger partial charge in [-0.15, -0.1) is 11.3 Å². The van der Waals surface area contributed by atoms with E-state index in [2.05, 4.69) is 114 Å². The average molecular weight is 623 g/mol. The van der Waals surface area contributed by atoms with Gasteiger partial charge < -0.3 is 4.57 Å². The highest BCUT2D eigenvalue weighted by molar-refractivity contribution is 7.26. The van der Waals surface area contributed by atoms with Crippen molar-refractivity contribution in [1.29, 1.82) is 0 Å². The van der Waals surface area contributed by atoms with E-state index in [1.165, 1.54) is 26.6 Å². The molecule has 7 aromatic carbocycles. The van der Waals surface area contributed by atoms with Crippen LogP contribution in [0.3, 0.4) is 0 Å². The van der Waals surface area contributed by atoms with Crippen LogP contribution in [-0.4, -0.2) is 9.49 Å². The Morgan fingerprint density at radius 2 is 1.17 bits per heavy atom. The molecule has 2 heterocycles. The van der Waals surface area contributed by atoms with E-state index in [0.717, 1.165) is 48.9 Å². The summed E-state index contributed by atoms with van der Waals surface area (Å²) in [7, 11) is 0. The molecule has 0 radical (unpaired) electrons. The quantitative estimate of drug-likeness (QED) is 0.142. The molecule has 0 aliphatic rings. The van der Waals surface area contributed by atoms with Gasteiger partial charge in [0.1, 0.15) is 0 Å². The molecule has 0 bridgehead atoms. The van der Waals surface area contributed by atoms with Crippen LogP contribution in [0, 0.1) is 10.1 Å². The summed E-state index contributed by atoms with van der Waals surface area (Å²) >= 11 is 1.77. The molecule has 4 nitrogen and oxygen atoms in total. The maximum atomic E-state index is 12.2. The normalized spacial score (nSPS) is 11.6. The summed E-state index contributed by atoms with van der Waals surface area (Å²) in [4.78, 5) is 11.9. The number of nitro groups is 1. The maximum absolute atomic E-state index is 12.2. The zero-order valence-electron chi connectivity index (χ0n) is 25.1. The van der Waals surface area contributed by atoms with Gasteiger partial charge in [-0.25, -0.2) is 0 Å².